The van der Waals surface area contributed by atoms with Crippen LogP contribution in [-0.4, -0.2) is 35.9 Å². The minimum absolute atomic E-state index is 0.165. The molecule has 0 saturated carbocycles. The van der Waals surface area contributed by atoms with E-state index in [1.54, 1.807) is 4.90 Å². The van der Waals surface area contributed by atoms with Gasteiger partial charge in [-0.1, -0.05) is 27.2 Å². The first-order chi connectivity index (χ1) is 7.65. The predicted octanol–water partition coefficient (Wildman–Crippen LogP) is 3.34. The number of likely N-dealkylation sites (tertiary alicyclic amines) is 1. The van der Waals surface area contributed by atoms with Gasteiger partial charge in [0.25, 0.3) is 0 Å². The van der Waals surface area contributed by atoms with Gasteiger partial charge in [-0.05, 0) is 19.3 Å². The summed E-state index contributed by atoms with van der Waals surface area (Å²) in [6.07, 6.45) is 3.92. The van der Waals surface area contributed by atoms with Crippen molar-refractivity contribution in [3.05, 3.63) is 0 Å². The fraction of sp³-hybridized carbons (Fsp3) is 0.917. The van der Waals surface area contributed by atoms with Crippen molar-refractivity contribution in [3.63, 3.8) is 0 Å². The van der Waals surface area contributed by atoms with Gasteiger partial charge in [0, 0.05) is 18.3 Å². The van der Waals surface area contributed by atoms with Gasteiger partial charge in [-0.3, -0.25) is 0 Å². The molecular formula is C12H25NO2S. The minimum Gasteiger partial charge on any atom is -0.449 e. The van der Waals surface area contributed by atoms with E-state index in [4.69, 9.17) is 4.74 Å². The van der Waals surface area contributed by atoms with Gasteiger partial charge in [0.1, 0.15) is 0 Å². The lowest BCUT2D eigenvalue weighted by molar-refractivity contribution is 0.0960. The van der Waals surface area contributed by atoms with Gasteiger partial charge in [0.05, 0.1) is 6.61 Å². The van der Waals surface area contributed by atoms with E-state index < -0.39 is 0 Å². The van der Waals surface area contributed by atoms with Crippen LogP contribution in [0.25, 0.3) is 0 Å². The van der Waals surface area contributed by atoms with E-state index in [0.29, 0.717) is 11.9 Å². The number of hydrogen-bond donors (Lipinski definition) is 1. The van der Waals surface area contributed by atoms with E-state index in [1.165, 1.54) is 6.42 Å². The Bertz CT molecular complexity index is 180. The summed E-state index contributed by atoms with van der Waals surface area (Å²) in [5.74, 6) is 0. The van der Waals surface area contributed by atoms with Crippen molar-refractivity contribution >= 4 is 18.7 Å². The molecule has 1 rings (SSSR count). The van der Waals surface area contributed by atoms with Crippen molar-refractivity contribution in [2.24, 2.45) is 0 Å². The molecule has 1 heterocycles. The Hall–Kier alpha value is -0.380. The molecule has 0 aromatic rings. The van der Waals surface area contributed by atoms with Gasteiger partial charge in [0.15, 0.2) is 0 Å². The Morgan fingerprint density at radius 2 is 1.81 bits per heavy atom. The molecule has 3 nitrogen and oxygen atoms in total. The van der Waals surface area contributed by atoms with E-state index in [0.717, 1.165) is 32.4 Å². The molecule has 4 heteroatoms. The molecule has 0 atom stereocenters. The number of carbonyl (C=O) groups excluding carboxylic acids is 1. The highest BCUT2D eigenvalue weighted by atomic mass is 32.1. The highest BCUT2D eigenvalue weighted by molar-refractivity contribution is 7.80. The zero-order valence-electron chi connectivity index (χ0n) is 10.7. The summed E-state index contributed by atoms with van der Waals surface area (Å²) in [4.78, 5) is 13.1. The lowest BCUT2D eigenvalue weighted by Crippen LogP contribution is -2.39. The first-order valence-electron chi connectivity index (χ1n) is 6.25. The first kappa shape index (κ1) is 15.6. The van der Waals surface area contributed by atoms with Crippen LogP contribution < -0.4 is 0 Å². The monoisotopic (exact) mass is 247 g/mol. The van der Waals surface area contributed by atoms with Crippen LogP contribution in [0.5, 0.6) is 0 Å². The molecule has 16 heavy (non-hydrogen) atoms. The van der Waals surface area contributed by atoms with Crippen LogP contribution in [0.2, 0.25) is 0 Å². The summed E-state index contributed by atoms with van der Waals surface area (Å²) < 4.78 is 5.03. The molecule has 1 aliphatic heterocycles. The summed E-state index contributed by atoms with van der Waals surface area (Å²) >= 11 is 4.36. The van der Waals surface area contributed by atoms with Crippen molar-refractivity contribution < 1.29 is 9.53 Å². The Morgan fingerprint density at radius 1 is 1.31 bits per heavy atom. The second-order valence-electron chi connectivity index (χ2n) is 4.04. The summed E-state index contributed by atoms with van der Waals surface area (Å²) in [7, 11) is 0. The molecule has 0 aromatic carbocycles. The van der Waals surface area contributed by atoms with Crippen LogP contribution in [0.4, 0.5) is 4.79 Å². The van der Waals surface area contributed by atoms with Crippen LogP contribution in [0.3, 0.4) is 0 Å². The third-order valence-corrected chi connectivity index (χ3v) is 2.67. The van der Waals surface area contributed by atoms with Crippen molar-refractivity contribution in [2.45, 2.75) is 51.7 Å². The van der Waals surface area contributed by atoms with Gasteiger partial charge < -0.3 is 9.64 Å². The summed E-state index contributed by atoms with van der Waals surface area (Å²) in [5, 5.41) is 0.454. The molecule has 0 bridgehead atoms. The Balaban J connectivity index is 0.000000673. The van der Waals surface area contributed by atoms with Gasteiger partial charge in [-0.25, -0.2) is 4.79 Å². The number of thiol groups is 1. The molecule has 96 valence electrons. The maximum atomic E-state index is 11.3. The molecule has 1 aliphatic rings. The SMILES string of the molecule is CCC.CCCOC(=O)N1CCC(S)CC1. The lowest BCUT2D eigenvalue weighted by atomic mass is 10.1. The molecule has 1 saturated heterocycles. The Kier molecular flexibility index (Phi) is 9.59. The zero-order valence-corrected chi connectivity index (χ0v) is 11.6. The molecule has 0 radical (unpaired) electrons. The number of piperidine rings is 1. The third kappa shape index (κ3) is 6.99. The van der Waals surface area contributed by atoms with E-state index in [1.807, 2.05) is 6.92 Å². The first-order valence-corrected chi connectivity index (χ1v) is 6.77. The predicted molar refractivity (Wildman–Crippen MR) is 71.2 cm³/mol. The lowest BCUT2D eigenvalue weighted by Gasteiger charge is -2.28. The number of hydrogen-bond acceptors (Lipinski definition) is 3. The van der Waals surface area contributed by atoms with Crippen LogP contribution in [-0.2, 0) is 4.74 Å². The zero-order chi connectivity index (χ0) is 12.4. The topological polar surface area (TPSA) is 29.5 Å². The average Bonchev–Trinajstić information content (AvgIpc) is 2.28. The summed E-state index contributed by atoms with van der Waals surface area (Å²) in [5.41, 5.74) is 0. The maximum Gasteiger partial charge on any atom is 0.409 e. The van der Waals surface area contributed by atoms with Crippen molar-refractivity contribution in [2.75, 3.05) is 19.7 Å². The molecule has 0 aliphatic carbocycles. The molecule has 1 amide bonds. The number of amides is 1. The minimum atomic E-state index is -0.165. The third-order valence-electron chi connectivity index (χ3n) is 2.15. The molecular weight excluding hydrogens is 222 g/mol. The smallest absolute Gasteiger partial charge is 0.409 e. The number of nitrogens with zero attached hydrogens (tertiary/aromatic N) is 1. The standard InChI is InChI=1S/C9H17NO2S.C3H8/c1-2-7-12-9(11)10-5-3-8(13)4-6-10;1-3-2/h8,13H,2-7H2,1H3;3H2,1-2H3. The van der Waals surface area contributed by atoms with Crippen LogP contribution in [0.1, 0.15) is 46.5 Å². The second-order valence-corrected chi connectivity index (χ2v) is 4.77. The van der Waals surface area contributed by atoms with Crippen LogP contribution in [0, 0.1) is 0 Å². The fourth-order valence-corrected chi connectivity index (χ4v) is 1.56. The number of rotatable bonds is 2. The van der Waals surface area contributed by atoms with E-state index >= 15 is 0 Å². The number of carbonyl (C=O) groups is 1. The maximum absolute atomic E-state index is 11.3. The second kappa shape index (κ2) is 9.82. The number of ether oxygens (including phenoxy) is 1. The molecule has 0 N–H and O–H groups in total. The highest BCUT2D eigenvalue weighted by Gasteiger charge is 2.21. The fourth-order valence-electron chi connectivity index (χ4n) is 1.33. The Morgan fingerprint density at radius 3 is 2.25 bits per heavy atom. The molecule has 0 unspecified atom stereocenters. The van der Waals surface area contributed by atoms with E-state index in [9.17, 15) is 4.79 Å². The van der Waals surface area contributed by atoms with Gasteiger partial charge in [-0.2, -0.15) is 12.6 Å². The van der Waals surface area contributed by atoms with Gasteiger partial charge >= 0.3 is 6.09 Å². The largest absolute Gasteiger partial charge is 0.449 e. The van der Waals surface area contributed by atoms with Crippen LogP contribution >= 0.6 is 12.6 Å². The van der Waals surface area contributed by atoms with Crippen LogP contribution in [0.15, 0.2) is 0 Å². The van der Waals surface area contributed by atoms with E-state index in [-0.39, 0.29) is 6.09 Å². The molecule has 1 fully saturated rings. The summed E-state index contributed by atoms with van der Waals surface area (Å²) in [6, 6.07) is 0. The molecule has 0 spiro atoms. The van der Waals surface area contributed by atoms with Crippen molar-refractivity contribution in [3.8, 4) is 0 Å². The average molecular weight is 247 g/mol. The normalized spacial score (nSPS) is 16.4. The van der Waals surface area contributed by atoms with Gasteiger partial charge in [0.2, 0.25) is 0 Å². The van der Waals surface area contributed by atoms with Crippen molar-refractivity contribution in [1.82, 2.24) is 4.90 Å². The quantitative estimate of drug-likeness (QED) is 0.758. The highest BCUT2D eigenvalue weighted by Crippen LogP contribution is 2.15. The van der Waals surface area contributed by atoms with E-state index in [2.05, 4.69) is 26.5 Å². The molecule has 0 aromatic heterocycles. The van der Waals surface area contributed by atoms with Gasteiger partial charge in [-0.15, -0.1) is 0 Å². The Labute approximate surface area is 105 Å². The summed E-state index contributed by atoms with van der Waals surface area (Å²) in [6.45, 7) is 8.35. The van der Waals surface area contributed by atoms with Crippen molar-refractivity contribution in [1.29, 1.82) is 0 Å².